The van der Waals surface area contributed by atoms with Crippen molar-refractivity contribution in [1.82, 2.24) is 14.9 Å². The maximum Gasteiger partial charge on any atom is 0.490 e. The second-order valence-electron chi connectivity index (χ2n) is 7.36. The second kappa shape index (κ2) is 9.60. The fourth-order valence-corrected chi connectivity index (χ4v) is 3.58. The number of anilines is 1. The van der Waals surface area contributed by atoms with Gasteiger partial charge in [-0.2, -0.15) is 13.2 Å². The number of halogens is 4. The van der Waals surface area contributed by atoms with E-state index in [9.17, 15) is 17.6 Å². The molecule has 170 valence electrons. The molecule has 0 radical (unpaired) electrons. The van der Waals surface area contributed by atoms with Gasteiger partial charge in [0.2, 0.25) is 5.95 Å². The zero-order valence-corrected chi connectivity index (χ0v) is 16.5. The van der Waals surface area contributed by atoms with Crippen LogP contribution in [0.2, 0.25) is 0 Å². The molecule has 2 saturated heterocycles. The number of furan rings is 1. The maximum atomic E-state index is 13.0. The molecule has 4 rings (SSSR count). The third kappa shape index (κ3) is 6.37. The molecule has 4 heterocycles. The molecule has 12 heteroatoms. The summed E-state index contributed by atoms with van der Waals surface area (Å²) >= 11 is 0. The van der Waals surface area contributed by atoms with Gasteiger partial charge >= 0.3 is 12.1 Å². The molecule has 1 spiro atoms. The van der Waals surface area contributed by atoms with Crippen LogP contribution in [0.25, 0.3) is 0 Å². The zero-order chi connectivity index (χ0) is 22.5. The largest absolute Gasteiger partial charge is 0.490 e. The number of carbonyl (C=O) groups is 1. The first-order chi connectivity index (χ1) is 14.7. The smallest absolute Gasteiger partial charge is 0.475 e. The molecule has 0 bridgehead atoms. The number of aliphatic carboxylic acids is 1. The van der Waals surface area contributed by atoms with Crippen LogP contribution in [0.3, 0.4) is 0 Å². The Morgan fingerprint density at radius 3 is 2.39 bits per heavy atom. The van der Waals surface area contributed by atoms with Gasteiger partial charge in [0, 0.05) is 38.3 Å². The van der Waals surface area contributed by atoms with E-state index in [-0.39, 0.29) is 5.60 Å². The van der Waals surface area contributed by atoms with E-state index in [2.05, 4.69) is 19.8 Å². The lowest BCUT2D eigenvalue weighted by molar-refractivity contribution is -0.192. The number of rotatable bonds is 3. The zero-order valence-electron chi connectivity index (χ0n) is 16.5. The number of carboxylic acid groups (broad SMARTS) is 1. The van der Waals surface area contributed by atoms with Crippen molar-refractivity contribution in [3.05, 3.63) is 42.4 Å². The molecular weight excluding hydrogens is 424 g/mol. The summed E-state index contributed by atoms with van der Waals surface area (Å²) in [5.74, 6) is -2.57. The average molecular weight is 446 g/mol. The predicted molar refractivity (Wildman–Crippen MR) is 99.8 cm³/mol. The van der Waals surface area contributed by atoms with Crippen molar-refractivity contribution in [2.45, 2.75) is 31.2 Å². The number of ether oxygens (including phenoxy) is 1. The van der Waals surface area contributed by atoms with Crippen molar-refractivity contribution in [3.8, 4) is 0 Å². The molecule has 2 aliphatic rings. The number of hydrogen-bond acceptors (Lipinski definition) is 7. The van der Waals surface area contributed by atoms with Crippen LogP contribution in [0.4, 0.5) is 23.5 Å². The molecule has 2 fully saturated rings. The lowest BCUT2D eigenvalue weighted by Crippen LogP contribution is -2.56. The average Bonchev–Trinajstić information content (AvgIpc) is 3.22. The van der Waals surface area contributed by atoms with Crippen LogP contribution in [-0.2, 0) is 16.1 Å². The second-order valence-corrected chi connectivity index (χ2v) is 7.36. The number of carboxylic acids is 1. The first-order valence-corrected chi connectivity index (χ1v) is 9.57. The Bertz CT molecular complexity index is 838. The van der Waals surface area contributed by atoms with Gasteiger partial charge in [0.15, 0.2) is 5.82 Å². The van der Waals surface area contributed by atoms with Crippen LogP contribution in [0.1, 0.15) is 18.4 Å². The monoisotopic (exact) mass is 446 g/mol. The Kier molecular flexibility index (Phi) is 7.11. The molecule has 1 N–H and O–H groups in total. The van der Waals surface area contributed by atoms with Crippen LogP contribution in [-0.4, -0.2) is 70.5 Å². The number of aromatic nitrogens is 2. The van der Waals surface area contributed by atoms with Gasteiger partial charge in [-0.05, 0) is 18.9 Å². The molecule has 2 aromatic heterocycles. The summed E-state index contributed by atoms with van der Waals surface area (Å²) in [5.41, 5.74) is 1.10. The van der Waals surface area contributed by atoms with Crippen molar-refractivity contribution in [2.75, 3.05) is 37.7 Å². The summed E-state index contributed by atoms with van der Waals surface area (Å²) < 4.78 is 56.0. The molecule has 0 unspecified atom stereocenters. The molecule has 31 heavy (non-hydrogen) atoms. The summed E-state index contributed by atoms with van der Waals surface area (Å²) in [6.45, 7) is 5.17. The molecule has 8 nitrogen and oxygen atoms in total. The van der Waals surface area contributed by atoms with E-state index < -0.39 is 18.0 Å². The van der Waals surface area contributed by atoms with Gasteiger partial charge < -0.3 is 19.2 Å². The van der Waals surface area contributed by atoms with Crippen LogP contribution in [0, 0.1) is 5.82 Å². The molecular formula is C19H22F4N4O4. The highest BCUT2D eigenvalue weighted by atomic mass is 19.4. The minimum absolute atomic E-state index is 0.0987. The minimum atomic E-state index is -5.08. The normalized spacial score (nSPS) is 19.0. The fraction of sp³-hybridized carbons (Fsp3) is 0.526. The number of hydrogen-bond donors (Lipinski definition) is 1. The lowest BCUT2D eigenvalue weighted by Gasteiger charge is -2.47. The Morgan fingerprint density at radius 1 is 1.19 bits per heavy atom. The molecule has 0 aromatic carbocycles. The van der Waals surface area contributed by atoms with Crippen LogP contribution >= 0.6 is 0 Å². The van der Waals surface area contributed by atoms with Gasteiger partial charge in [0.25, 0.3) is 0 Å². The standard InChI is InChI=1S/C17H21FN4O2.C2HF3O2/c18-15-9-19-16(20-10-15)22-4-2-17(3-5-22)13-21(6-8-24-17)11-14-1-7-23-12-14;3-2(4,5)1(6)7/h1,7,9-10,12H,2-6,8,11,13H2;(H,6,7). The molecule has 0 aliphatic carbocycles. The van der Waals surface area contributed by atoms with Crippen LogP contribution < -0.4 is 4.90 Å². The molecule has 2 aliphatic heterocycles. The van der Waals surface area contributed by atoms with Crippen molar-refractivity contribution < 1.29 is 36.6 Å². The Labute approximate surface area is 175 Å². The third-order valence-corrected chi connectivity index (χ3v) is 5.12. The first kappa shape index (κ1) is 22.9. The van der Waals surface area contributed by atoms with E-state index in [1.165, 1.54) is 18.0 Å². The summed E-state index contributed by atoms with van der Waals surface area (Å²) in [6, 6.07) is 2.01. The molecule has 0 atom stereocenters. The SMILES string of the molecule is Fc1cnc(N2CCC3(CC2)CN(Cc2ccoc2)CCO3)nc1.O=C(O)C(F)(F)F. The van der Waals surface area contributed by atoms with E-state index in [4.69, 9.17) is 19.1 Å². The predicted octanol–water partition coefficient (Wildman–Crippen LogP) is 2.71. The van der Waals surface area contributed by atoms with Crippen molar-refractivity contribution >= 4 is 11.9 Å². The van der Waals surface area contributed by atoms with Gasteiger partial charge in [-0.1, -0.05) is 0 Å². The fourth-order valence-electron chi connectivity index (χ4n) is 3.58. The van der Waals surface area contributed by atoms with E-state index in [0.29, 0.717) is 5.95 Å². The van der Waals surface area contributed by atoms with Gasteiger partial charge in [-0.25, -0.2) is 19.2 Å². The quantitative estimate of drug-likeness (QED) is 0.720. The topological polar surface area (TPSA) is 91.9 Å². The van der Waals surface area contributed by atoms with Crippen LogP contribution in [0.15, 0.2) is 35.4 Å². The van der Waals surface area contributed by atoms with Gasteiger partial charge in [0.1, 0.15) is 0 Å². The van der Waals surface area contributed by atoms with Crippen molar-refractivity contribution in [2.24, 2.45) is 0 Å². The lowest BCUT2D eigenvalue weighted by atomic mass is 9.89. The first-order valence-electron chi connectivity index (χ1n) is 9.57. The number of morpholine rings is 1. The van der Waals surface area contributed by atoms with Gasteiger partial charge in [-0.3, -0.25) is 4.90 Å². The number of piperidine rings is 1. The summed E-state index contributed by atoms with van der Waals surface area (Å²) in [4.78, 5) is 21.6. The van der Waals surface area contributed by atoms with Crippen molar-refractivity contribution in [1.29, 1.82) is 0 Å². The van der Waals surface area contributed by atoms with Crippen molar-refractivity contribution in [3.63, 3.8) is 0 Å². The highest BCUT2D eigenvalue weighted by molar-refractivity contribution is 5.73. The highest BCUT2D eigenvalue weighted by Crippen LogP contribution is 2.31. The third-order valence-electron chi connectivity index (χ3n) is 5.12. The number of alkyl halides is 3. The van der Waals surface area contributed by atoms with E-state index in [1.54, 1.807) is 12.5 Å². The van der Waals surface area contributed by atoms with E-state index in [1.807, 2.05) is 6.07 Å². The van der Waals surface area contributed by atoms with E-state index >= 15 is 0 Å². The maximum absolute atomic E-state index is 13.0. The Hall–Kier alpha value is -2.73. The van der Waals surface area contributed by atoms with Gasteiger partial charge in [0.05, 0.1) is 37.1 Å². The summed E-state index contributed by atoms with van der Waals surface area (Å²) in [5, 5.41) is 7.12. The molecule has 0 saturated carbocycles. The summed E-state index contributed by atoms with van der Waals surface area (Å²) in [7, 11) is 0. The Morgan fingerprint density at radius 2 is 1.84 bits per heavy atom. The molecule has 2 aromatic rings. The van der Waals surface area contributed by atoms with E-state index in [0.717, 1.165) is 52.2 Å². The van der Waals surface area contributed by atoms with Crippen LogP contribution in [0.5, 0.6) is 0 Å². The minimum Gasteiger partial charge on any atom is -0.475 e. The van der Waals surface area contributed by atoms with Gasteiger partial charge in [-0.15, -0.1) is 0 Å². The summed E-state index contributed by atoms with van der Waals surface area (Å²) in [6.07, 6.45) is 2.72. The highest BCUT2D eigenvalue weighted by Gasteiger charge is 2.40. The Balaban J connectivity index is 0.000000339. The molecule has 0 amide bonds. The number of nitrogens with zero attached hydrogens (tertiary/aromatic N) is 4.